The molecular weight excluding hydrogens is 336 g/mol. The van der Waals surface area contributed by atoms with Gasteiger partial charge in [-0.1, -0.05) is 69.3 Å². The van der Waals surface area contributed by atoms with Crippen LogP contribution in [0.2, 0.25) is 0 Å². The van der Waals surface area contributed by atoms with E-state index in [4.69, 9.17) is 4.74 Å². The molecule has 0 saturated carbocycles. The topological polar surface area (TPSA) is 32.8 Å². The lowest BCUT2D eigenvalue weighted by Crippen LogP contribution is -2.41. The monoisotopic (exact) mass is 368 g/mol. The summed E-state index contributed by atoms with van der Waals surface area (Å²) in [5.74, 6) is -0.188. The van der Waals surface area contributed by atoms with Gasteiger partial charge < -0.3 is 14.5 Å². The number of ether oxygens (including phenoxy) is 1. The Morgan fingerprint density at radius 1 is 0.889 bits per heavy atom. The van der Waals surface area contributed by atoms with Crippen LogP contribution in [-0.4, -0.2) is 43.7 Å². The van der Waals surface area contributed by atoms with E-state index in [-0.39, 0.29) is 5.97 Å². The minimum Gasteiger partial charge on any atom is -0.464 e. The number of hydrogen-bond donors (Lipinski definition) is 0. The maximum atomic E-state index is 13.0. The molecule has 0 amide bonds. The van der Waals surface area contributed by atoms with Crippen molar-refractivity contribution in [3.05, 3.63) is 66.2 Å². The zero-order valence-electron chi connectivity index (χ0n) is 16.8. The molecule has 0 fully saturated rings. The molecule has 146 valence electrons. The Labute approximate surface area is 163 Å². The lowest BCUT2D eigenvalue weighted by molar-refractivity contribution is -0.145. The molecule has 27 heavy (non-hydrogen) atoms. The van der Waals surface area contributed by atoms with Gasteiger partial charge in [0.15, 0.2) is 6.04 Å². The Kier molecular flexibility index (Phi) is 8.85. The van der Waals surface area contributed by atoms with Crippen molar-refractivity contribution in [2.45, 2.75) is 33.2 Å². The van der Waals surface area contributed by atoms with Crippen LogP contribution in [-0.2, 0) is 9.53 Å². The number of hydrogen-bond acceptors (Lipinski definition) is 4. The third kappa shape index (κ3) is 6.10. The standard InChI is InChI=1S/C23H32N2O2/c1-4-19-27-23(26)22(20-13-9-7-10-14-20)25(18-17-24(5-2)6-3)21-15-11-8-12-16-21/h7-16,22H,4-6,17-19H2,1-3H3/t22-/m0/s1. The number of carbonyl (C=O) groups is 1. The summed E-state index contributed by atoms with van der Waals surface area (Å²) in [5, 5.41) is 0. The fourth-order valence-corrected chi connectivity index (χ4v) is 3.18. The Morgan fingerprint density at radius 2 is 1.48 bits per heavy atom. The number of anilines is 1. The van der Waals surface area contributed by atoms with Gasteiger partial charge in [0.05, 0.1) is 6.61 Å². The van der Waals surface area contributed by atoms with E-state index in [1.807, 2.05) is 55.5 Å². The van der Waals surface area contributed by atoms with Crippen molar-refractivity contribution >= 4 is 11.7 Å². The van der Waals surface area contributed by atoms with Gasteiger partial charge in [0.2, 0.25) is 0 Å². The van der Waals surface area contributed by atoms with E-state index < -0.39 is 6.04 Å². The summed E-state index contributed by atoms with van der Waals surface area (Å²) in [7, 11) is 0. The molecule has 4 heteroatoms. The van der Waals surface area contributed by atoms with Gasteiger partial charge in [-0.3, -0.25) is 0 Å². The maximum absolute atomic E-state index is 13.0. The van der Waals surface area contributed by atoms with Gasteiger partial charge in [-0.25, -0.2) is 4.79 Å². The Hall–Kier alpha value is -2.33. The summed E-state index contributed by atoms with van der Waals surface area (Å²) in [4.78, 5) is 17.6. The molecular formula is C23H32N2O2. The van der Waals surface area contributed by atoms with Crippen molar-refractivity contribution in [1.82, 2.24) is 4.90 Å². The molecule has 0 spiro atoms. The van der Waals surface area contributed by atoms with Crippen LogP contribution in [0.4, 0.5) is 5.69 Å². The molecule has 0 radical (unpaired) electrons. The summed E-state index contributed by atoms with van der Waals surface area (Å²) in [6.45, 7) is 10.4. The van der Waals surface area contributed by atoms with Crippen molar-refractivity contribution in [3.63, 3.8) is 0 Å². The average Bonchev–Trinajstić information content (AvgIpc) is 2.73. The fourth-order valence-electron chi connectivity index (χ4n) is 3.18. The molecule has 2 aromatic rings. The van der Waals surface area contributed by atoms with Gasteiger partial charge in [0.25, 0.3) is 0 Å². The van der Waals surface area contributed by atoms with E-state index >= 15 is 0 Å². The molecule has 0 aliphatic carbocycles. The van der Waals surface area contributed by atoms with Crippen molar-refractivity contribution in [2.24, 2.45) is 0 Å². The van der Waals surface area contributed by atoms with Gasteiger partial charge in [0.1, 0.15) is 0 Å². The van der Waals surface area contributed by atoms with E-state index in [1.54, 1.807) is 0 Å². The van der Waals surface area contributed by atoms with Crippen molar-refractivity contribution < 1.29 is 9.53 Å². The predicted octanol–water partition coefficient (Wildman–Crippen LogP) is 4.53. The maximum Gasteiger partial charge on any atom is 0.333 e. The third-order valence-electron chi connectivity index (χ3n) is 4.74. The Bertz CT molecular complexity index is 657. The SMILES string of the molecule is CCCOC(=O)[C@H](c1ccccc1)N(CCN(CC)CC)c1ccccc1. The normalized spacial score (nSPS) is 12.0. The number of para-hydroxylation sites is 1. The highest BCUT2D eigenvalue weighted by Gasteiger charge is 2.29. The second kappa shape index (κ2) is 11.4. The zero-order valence-corrected chi connectivity index (χ0v) is 16.8. The summed E-state index contributed by atoms with van der Waals surface area (Å²) in [5.41, 5.74) is 1.99. The van der Waals surface area contributed by atoms with Crippen LogP contribution in [0.25, 0.3) is 0 Å². The number of carbonyl (C=O) groups excluding carboxylic acids is 1. The highest BCUT2D eigenvalue weighted by Crippen LogP contribution is 2.28. The number of rotatable bonds is 11. The number of nitrogens with zero attached hydrogens (tertiary/aromatic N) is 2. The van der Waals surface area contributed by atoms with Gasteiger partial charge in [0, 0.05) is 18.8 Å². The van der Waals surface area contributed by atoms with Crippen LogP contribution in [0.1, 0.15) is 38.8 Å². The lowest BCUT2D eigenvalue weighted by atomic mass is 10.0. The van der Waals surface area contributed by atoms with E-state index in [2.05, 4.69) is 35.8 Å². The van der Waals surface area contributed by atoms with Crippen LogP contribution in [0.3, 0.4) is 0 Å². The molecule has 1 atom stereocenters. The van der Waals surface area contributed by atoms with Crippen LogP contribution >= 0.6 is 0 Å². The number of benzene rings is 2. The number of esters is 1. The predicted molar refractivity (Wildman–Crippen MR) is 112 cm³/mol. The summed E-state index contributed by atoms with van der Waals surface area (Å²) in [6, 6.07) is 19.6. The quantitative estimate of drug-likeness (QED) is 0.546. The van der Waals surface area contributed by atoms with Crippen LogP contribution in [0, 0.1) is 0 Å². The Morgan fingerprint density at radius 3 is 2.04 bits per heavy atom. The van der Waals surface area contributed by atoms with Gasteiger partial charge >= 0.3 is 5.97 Å². The average molecular weight is 369 g/mol. The van der Waals surface area contributed by atoms with Gasteiger partial charge in [-0.05, 0) is 37.2 Å². The molecule has 0 aliphatic heterocycles. The van der Waals surface area contributed by atoms with E-state index in [1.165, 1.54) is 0 Å². The van der Waals surface area contributed by atoms with Crippen LogP contribution in [0.5, 0.6) is 0 Å². The first-order chi connectivity index (χ1) is 13.2. The van der Waals surface area contributed by atoms with E-state index in [9.17, 15) is 4.79 Å². The summed E-state index contributed by atoms with van der Waals surface area (Å²) >= 11 is 0. The first-order valence-electron chi connectivity index (χ1n) is 9.96. The van der Waals surface area contributed by atoms with E-state index in [0.29, 0.717) is 6.61 Å². The molecule has 2 rings (SSSR count). The Balaban J connectivity index is 2.37. The lowest BCUT2D eigenvalue weighted by Gasteiger charge is -2.34. The fraction of sp³-hybridized carbons (Fsp3) is 0.435. The molecule has 0 aromatic heterocycles. The first kappa shape index (κ1) is 21.0. The molecule has 0 N–H and O–H groups in total. The highest BCUT2D eigenvalue weighted by atomic mass is 16.5. The zero-order chi connectivity index (χ0) is 19.5. The molecule has 0 unspecified atom stereocenters. The van der Waals surface area contributed by atoms with Crippen molar-refractivity contribution in [1.29, 1.82) is 0 Å². The summed E-state index contributed by atoms with van der Waals surface area (Å²) < 4.78 is 5.58. The third-order valence-corrected chi connectivity index (χ3v) is 4.74. The van der Waals surface area contributed by atoms with E-state index in [0.717, 1.165) is 43.9 Å². The molecule has 0 bridgehead atoms. The number of likely N-dealkylation sites (N-methyl/N-ethyl adjacent to an activating group) is 1. The largest absolute Gasteiger partial charge is 0.464 e. The van der Waals surface area contributed by atoms with Crippen LogP contribution in [0.15, 0.2) is 60.7 Å². The molecule has 0 saturated heterocycles. The van der Waals surface area contributed by atoms with Crippen molar-refractivity contribution in [3.8, 4) is 0 Å². The van der Waals surface area contributed by atoms with Crippen molar-refractivity contribution in [2.75, 3.05) is 37.7 Å². The molecule has 4 nitrogen and oxygen atoms in total. The molecule has 0 heterocycles. The van der Waals surface area contributed by atoms with Gasteiger partial charge in [-0.15, -0.1) is 0 Å². The van der Waals surface area contributed by atoms with Crippen LogP contribution < -0.4 is 4.90 Å². The highest BCUT2D eigenvalue weighted by molar-refractivity contribution is 5.82. The second-order valence-corrected chi connectivity index (χ2v) is 6.54. The molecule has 2 aromatic carbocycles. The smallest absolute Gasteiger partial charge is 0.333 e. The minimum atomic E-state index is -0.448. The molecule has 0 aliphatic rings. The summed E-state index contributed by atoms with van der Waals surface area (Å²) in [6.07, 6.45) is 0.817. The second-order valence-electron chi connectivity index (χ2n) is 6.54. The van der Waals surface area contributed by atoms with Gasteiger partial charge in [-0.2, -0.15) is 0 Å². The first-order valence-corrected chi connectivity index (χ1v) is 9.96. The minimum absolute atomic E-state index is 0.188.